The number of amides is 1. The van der Waals surface area contributed by atoms with Crippen LogP contribution < -0.4 is 5.73 Å². The van der Waals surface area contributed by atoms with Crippen LogP contribution in [0.15, 0.2) is 18.2 Å². The summed E-state index contributed by atoms with van der Waals surface area (Å²) >= 11 is 0. The van der Waals surface area contributed by atoms with Crippen molar-refractivity contribution < 1.29 is 9.18 Å². The Hall–Kier alpha value is -1.42. The number of likely N-dealkylation sites (tertiary alicyclic amines) is 1. The van der Waals surface area contributed by atoms with Crippen LogP contribution in [0.25, 0.3) is 0 Å². The van der Waals surface area contributed by atoms with Crippen molar-refractivity contribution in [2.75, 3.05) is 13.1 Å². The zero-order valence-electron chi connectivity index (χ0n) is 11.5. The Morgan fingerprint density at radius 1 is 1.53 bits per heavy atom. The van der Waals surface area contributed by atoms with E-state index in [1.54, 1.807) is 17.0 Å². The van der Waals surface area contributed by atoms with E-state index < -0.39 is 5.82 Å². The molecule has 0 spiro atoms. The summed E-state index contributed by atoms with van der Waals surface area (Å²) in [5.41, 5.74) is 6.83. The van der Waals surface area contributed by atoms with E-state index in [2.05, 4.69) is 6.92 Å². The maximum absolute atomic E-state index is 13.8. The SMILES string of the molecule is Cc1ccc(F)c(C(=O)N2CCC[C@@H](C)[C@H]2CN)c1. The van der Waals surface area contributed by atoms with E-state index in [4.69, 9.17) is 5.73 Å². The van der Waals surface area contributed by atoms with E-state index in [0.717, 1.165) is 18.4 Å². The number of piperidine rings is 1. The second-order valence-electron chi connectivity index (χ2n) is 5.40. The number of rotatable bonds is 2. The minimum absolute atomic E-state index is 0.0150. The minimum Gasteiger partial charge on any atom is -0.334 e. The van der Waals surface area contributed by atoms with Crippen LogP contribution in [-0.2, 0) is 0 Å². The molecule has 4 heteroatoms. The third-order valence-corrected chi connectivity index (χ3v) is 3.97. The highest BCUT2D eigenvalue weighted by Gasteiger charge is 2.32. The molecule has 0 aliphatic carbocycles. The second-order valence-corrected chi connectivity index (χ2v) is 5.40. The lowest BCUT2D eigenvalue weighted by atomic mass is 9.90. The smallest absolute Gasteiger partial charge is 0.257 e. The van der Waals surface area contributed by atoms with Gasteiger partial charge < -0.3 is 10.6 Å². The van der Waals surface area contributed by atoms with E-state index >= 15 is 0 Å². The van der Waals surface area contributed by atoms with E-state index in [9.17, 15) is 9.18 Å². The van der Waals surface area contributed by atoms with Gasteiger partial charge >= 0.3 is 0 Å². The van der Waals surface area contributed by atoms with Crippen LogP contribution >= 0.6 is 0 Å². The lowest BCUT2D eigenvalue weighted by Gasteiger charge is -2.39. The first kappa shape index (κ1) is 14.0. The van der Waals surface area contributed by atoms with Crippen molar-refractivity contribution in [1.29, 1.82) is 0 Å². The minimum atomic E-state index is -0.454. The number of aryl methyl sites for hydroxylation is 1. The van der Waals surface area contributed by atoms with Crippen LogP contribution in [0.2, 0.25) is 0 Å². The van der Waals surface area contributed by atoms with Crippen molar-refractivity contribution in [2.24, 2.45) is 11.7 Å². The van der Waals surface area contributed by atoms with Gasteiger partial charge in [-0.2, -0.15) is 0 Å². The summed E-state index contributed by atoms with van der Waals surface area (Å²) in [7, 11) is 0. The molecule has 1 saturated heterocycles. The summed E-state index contributed by atoms with van der Waals surface area (Å²) in [6, 6.07) is 4.66. The van der Waals surface area contributed by atoms with E-state index in [1.807, 2.05) is 6.92 Å². The predicted molar refractivity (Wildman–Crippen MR) is 73.4 cm³/mol. The summed E-state index contributed by atoms with van der Waals surface area (Å²) in [4.78, 5) is 14.3. The van der Waals surface area contributed by atoms with Crippen molar-refractivity contribution in [1.82, 2.24) is 4.90 Å². The number of hydrogen-bond acceptors (Lipinski definition) is 2. The molecule has 19 heavy (non-hydrogen) atoms. The molecular weight excluding hydrogens is 243 g/mol. The molecule has 0 aromatic heterocycles. The molecule has 104 valence electrons. The molecular formula is C15H21FN2O. The summed E-state index contributed by atoms with van der Waals surface area (Å²) < 4.78 is 13.8. The lowest BCUT2D eigenvalue weighted by molar-refractivity contribution is 0.0528. The molecule has 1 amide bonds. The van der Waals surface area contributed by atoms with Crippen molar-refractivity contribution in [3.05, 3.63) is 35.1 Å². The quantitative estimate of drug-likeness (QED) is 0.891. The molecule has 2 rings (SSSR count). The van der Waals surface area contributed by atoms with Gasteiger partial charge in [-0.3, -0.25) is 4.79 Å². The molecule has 1 fully saturated rings. The van der Waals surface area contributed by atoms with Crippen LogP contribution in [0.3, 0.4) is 0 Å². The molecule has 1 aliphatic heterocycles. The van der Waals surface area contributed by atoms with E-state index in [0.29, 0.717) is 19.0 Å². The molecule has 0 radical (unpaired) electrons. The average molecular weight is 264 g/mol. The Morgan fingerprint density at radius 3 is 2.95 bits per heavy atom. The van der Waals surface area contributed by atoms with Crippen molar-refractivity contribution in [2.45, 2.75) is 32.7 Å². The molecule has 1 aliphatic rings. The topological polar surface area (TPSA) is 46.3 Å². The van der Waals surface area contributed by atoms with Crippen LogP contribution in [0.5, 0.6) is 0 Å². The Morgan fingerprint density at radius 2 is 2.26 bits per heavy atom. The third-order valence-electron chi connectivity index (χ3n) is 3.97. The number of nitrogens with zero attached hydrogens (tertiary/aromatic N) is 1. The maximum Gasteiger partial charge on any atom is 0.257 e. The number of hydrogen-bond donors (Lipinski definition) is 1. The molecule has 2 N–H and O–H groups in total. The Labute approximate surface area is 113 Å². The van der Waals surface area contributed by atoms with Gasteiger partial charge in [0, 0.05) is 19.1 Å². The van der Waals surface area contributed by atoms with Crippen molar-refractivity contribution in [3.8, 4) is 0 Å². The summed E-state index contributed by atoms with van der Waals surface area (Å²) in [6.07, 6.45) is 2.03. The highest BCUT2D eigenvalue weighted by molar-refractivity contribution is 5.95. The summed E-state index contributed by atoms with van der Waals surface area (Å²) in [5.74, 6) is -0.316. The maximum atomic E-state index is 13.8. The number of benzene rings is 1. The van der Waals surface area contributed by atoms with Crippen molar-refractivity contribution >= 4 is 5.91 Å². The van der Waals surface area contributed by atoms with Gasteiger partial charge in [-0.25, -0.2) is 4.39 Å². The molecule has 0 unspecified atom stereocenters. The molecule has 1 heterocycles. The molecule has 1 aromatic rings. The summed E-state index contributed by atoms with van der Waals surface area (Å²) in [5, 5.41) is 0. The molecule has 1 aromatic carbocycles. The fourth-order valence-corrected chi connectivity index (χ4v) is 2.82. The Bertz CT molecular complexity index is 475. The number of carbonyl (C=O) groups excluding carboxylic acids is 1. The van der Waals surface area contributed by atoms with E-state index in [1.165, 1.54) is 6.07 Å². The van der Waals surface area contributed by atoms with Gasteiger partial charge in [0.25, 0.3) is 5.91 Å². The normalized spacial score (nSPS) is 23.5. The van der Waals surface area contributed by atoms with Crippen LogP contribution in [0, 0.1) is 18.7 Å². The Balaban J connectivity index is 2.29. The fraction of sp³-hybridized carbons (Fsp3) is 0.533. The molecule has 0 saturated carbocycles. The van der Waals surface area contributed by atoms with Crippen LogP contribution in [0.4, 0.5) is 4.39 Å². The zero-order valence-corrected chi connectivity index (χ0v) is 11.5. The van der Waals surface area contributed by atoms with Crippen LogP contribution in [0.1, 0.15) is 35.7 Å². The first-order valence-corrected chi connectivity index (χ1v) is 6.81. The van der Waals surface area contributed by atoms with Gasteiger partial charge in [0.1, 0.15) is 5.82 Å². The number of halogens is 1. The van der Waals surface area contributed by atoms with Gasteiger partial charge in [-0.15, -0.1) is 0 Å². The Kier molecular flexibility index (Phi) is 4.20. The molecule has 3 nitrogen and oxygen atoms in total. The monoisotopic (exact) mass is 264 g/mol. The van der Waals surface area contributed by atoms with Gasteiger partial charge in [0.15, 0.2) is 0 Å². The average Bonchev–Trinajstić information content (AvgIpc) is 2.40. The summed E-state index contributed by atoms with van der Waals surface area (Å²) in [6.45, 7) is 5.05. The van der Waals surface area contributed by atoms with Gasteiger partial charge in [0.2, 0.25) is 0 Å². The molecule has 0 bridgehead atoms. The standard InChI is InChI=1S/C15H21FN2O/c1-10-5-6-13(16)12(8-10)15(19)18-7-3-4-11(2)14(18)9-17/h5-6,8,11,14H,3-4,7,9,17H2,1-2H3/t11-,14-/m1/s1. The largest absolute Gasteiger partial charge is 0.334 e. The highest BCUT2D eigenvalue weighted by Crippen LogP contribution is 2.25. The van der Waals surface area contributed by atoms with Crippen LogP contribution in [-0.4, -0.2) is 29.9 Å². The predicted octanol–water partition coefficient (Wildman–Crippen LogP) is 2.33. The first-order chi connectivity index (χ1) is 9.04. The van der Waals surface area contributed by atoms with Gasteiger partial charge in [0.05, 0.1) is 5.56 Å². The fourth-order valence-electron chi connectivity index (χ4n) is 2.82. The third kappa shape index (κ3) is 2.78. The van der Waals surface area contributed by atoms with E-state index in [-0.39, 0.29) is 17.5 Å². The first-order valence-electron chi connectivity index (χ1n) is 6.81. The zero-order chi connectivity index (χ0) is 14.0. The second kappa shape index (κ2) is 5.70. The van der Waals surface area contributed by atoms with Crippen molar-refractivity contribution in [3.63, 3.8) is 0 Å². The van der Waals surface area contributed by atoms with Gasteiger partial charge in [-0.1, -0.05) is 18.6 Å². The van der Waals surface area contributed by atoms with Gasteiger partial charge in [-0.05, 0) is 37.8 Å². The lowest BCUT2D eigenvalue weighted by Crippen LogP contribution is -2.51. The molecule has 2 atom stereocenters. The highest BCUT2D eigenvalue weighted by atomic mass is 19.1. The number of nitrogens with two attached hydrogens (primary N) is 1. The number of carbonyl (C=O) groups is 1.